The summed E-state index contributed by atoms with van der Waals surface area (Å²) in [5, 5.41) is 11.1. The van der Waals surface area contributed by atoms with Crippen LogP contribution in [0, 0.1) is 0 Å². The Kier molecular flexibility index (Phi) is 4.55. The number of aromatic nitrogens is 2. The molecule has 0 radical (unpaired) electrons. The average Bonchev–Trinajstić information content (AvgIpc) is 2.23. The fourth-order valence-electron chi connectivity index (χ4n) is 0.893. The summed E-state index contributed by atoms with van der Waals surface area (Å²) in [6.45, 7) is -0.00670. The Labute approximate surface area is 98.5 Å². The Morgan fingerprint density at radius 3 is 2.82 bits per heavy atom. The predicted molar refractivity (Wildman–Crippen MR) is 56.0 cm³/mol. The number of carboxylic acids is 1. The van der Waals surface area contributed by atoms with Crippen LogP contribution in [-0.2, 0) is 0 Å². The van der Waals surface area contributed by atoms with Crippen molar-refractivity contribution in [3.05, 3.63) is 18.0 Å². The van der Waals surface area contributed by atoms with Gasteiger partial charge in [0.15, 0.2) is 5.69 Å². The summed E-state index contributed by atoms with van der Waals surface area (Å²) in [5.74, 6) is -1.43. The number of hydrogen-bond acceptors (Lipinski definition) is 5. The van der Waals surface area contributed by atoms with E-state index in [4.69, 9.17) is 5.11 Å². The molecule has 0 unspecified atom stereocenters. The molecule has 0 amide bonds. The van der Waals surface area contributed by atoms with Crippen LogP contribution in [0.5, 0.6) is 0 Å². The Hall–Kier alpha value is -1.51. The Bertz CT molecular complexity index is 400. The van der Waals surface area contributed by atoms with E-state index < -0.39 is 11.5 Å². The summed E-state index contributed by atoms with van der Waals surface area (Å²) in [6.07, 6.45) is 1.22. The summed E-state index contributed by atoms with van der Waals surface area (Å²) in [4.78, 5) is 17.8. The number of aromatic carboxylic acids is 1. The third-order valence-corrected chi connectivity index (χ3v) is 2.26. The highest BCUT2D eigenvalue weighted by molar-refractivity contribution is 8.00. The second-order valence-corrected chi connectivity index (χ2v) is 3.95. The lowest BCUT2D eigenvalue weighted by atomic mass is 10.4. The second-order valence-electron chi connectivity index (χ2n) is 2.79. The zero-order valence-electron chi connectivity index (χ0n) is 8.36. The number of anilines is 1. The molecule has 0 aliphatic rings. The molecular weight excluding hydrogens is 259 g/mol. The van der Waals surface area contributed by atoms with Gasteiger partial charge in [0.25, 0.3) is 0 Å². The Balaban J connectivity index is 2.42. The normalized spacial score (nSPS) is 11.2. The number of nitrogens with zero attached hydrogens (tertiary/aromatic N) is 2. The monoisotopic (exact) mass is 267 g/mol. The van der Waals surface area contributed by atoms with Gasteiger partial charge >= 0.3 is 11.5 Å². The minimum absolute atomic E-state index is 0.00670. The van der Waals surface area contributed by atoms with Crippen LogP contribution in [0.25, 0.3) is 0 Å². The fraction of sp³-hybridized carbons (Fsp3) is 0.375. The van der Waals surface area contributed by atoms with E-state index in [9.17, 15) is 18.0 Å². The first-order valence-corrected chi connectivity index (χ1v) is 5.38. The summed E-state index contributed by atoms with van der Waals surface area (Å²) in [5.41, 5.74) is -4.49. The molecule has 5 nitrogen and oxygen atoms in total. The van der Waals surface area contributed by atoms with Crippen LogP contribution in [0.2, 0.25) is 0 Å². The third kappa shape index (κ3) is 5.38. The number of carbonyl (C=O) groups is 1. The van der Waals surface area contributed by atoms with Crippen LogP contribution in [0.4, 0.5) is 19.1 Å². The van der Waals surface area contributed by atoms with Crippen molar-refractivity contribution in [3.8, 4) is 0 Å². The first kappa shape index (κ1) is 13.6. The van der Waals surface area contributed by atoms with E-state index in [1.807, 2.05) is 0 Å². The van der Waals surface area contributed by atoms with Crippen molar-refractivity contribution >= 4 is 23.7 Å². The smallest absolute Gasteiger partial charge is 0.441 e. The molecule has 17 heavy (non-hydrogen) atoms. The molecule has 0 saturated carbocycles. The zero-order chi connectivity index (χ0) is 12.9. The van der Waals surface area contributed by atoms with Crippen molar-refractivity contribution < 1.29 is 23.1 Å². The van der Waals surface area contributed by atoms with Crippen LogP contribution in [0.15, 0.2) is 12.3 Å². The molecule has 1 heterocycles. The van der Waals surface area contributed by atoms with Crippen molar-refractivity contribution in [2.24, 2.45) is 0 Å². The van der Waals surface area contributed by atoms with Gasteiger partial charge in [-0.2, -0.15) is 13.2 Å². The van der Waals surface area contributed by atoms with Crippen LogP contribution >= 0.6 is 11.8 Å². The van der Waals surface area contributed by atoms with Gasteiger partial charge in [-0.1, -0.05) is 0 Å². The molecule has 0 aliphatic heterocycles. The van der Waals surface area contributed by atoms with E-state index in [0.717, 1.165) is 0 Å². The third-order valence-electron chi connectivity index (χ3n) is 1.53. The van der Waals surface area contributed by atoms with Gasteiger partial charge in [-0.05, 0) is 17.8 Å². The minimum atomic E-state index is -4.27. The SMILES string of the molecule is O=C(O)c1ccnc(NCCSC(F)(F)F)n1. The van der Waals surface area contributed by atoms with E-state index in [1.54, 1.807) is 0 Å². The average molecular weight is 267 g/mol. The van der Waals surface area contributed by atoms with Crippen LogP contribution in [0.3, 0.4) is 0 Å². The molecule has 2 N–H and O–H groups in total. The van der Waals surface area contributed by atoms with Gasteiger partial charge in [0.05, 0.1) is 0 Å². The Morgan fingerprint density at radius 2 is 2.24 bits per heavy atom. The highest BCUT2D eigenvalue weighted by Gasteiger charge is 2.27. The molecule has 1 aromatic rings. The highest BCUT2D eigenvalue weighted by atomic mass is 32.2. The molecule has 0 aliphatic carbocycles. The number of carboxylic acid groups (broad SMARTS) is 1. The zero-order valence-corrected chi connectivity index (χ0v) is 9.18. The van der Waals surface area contributed by atoms with Crippen LogP contribution in [0.1, 0.15) is 10.5 Å². The molecular formula is C8H8F3N3O2S. The first-order valence-electron chi connectivity index (χ1n) is 4.39. The maximum atomic E-state index is 11.8. The molecule has 1 rings (SSSR count). The van der Waals surface area contributed by atoms with Crippen molar-refractivity contribution in [1.82, 2.24) is 9.97 Å². The van der Waals surface area contributed by atoms with Crippen molar-refractivity contribution in [2.75, 3.05) is 17.6 Å². The molecule has 0 saturated heterocycles. The molecule has 9 heteroatoms. The molecule has 0 bridgehead atoms. The van der Waals surface area contributed by atoms with E-state index in [1.165, 1.54) is 12.3 Å². The standard InChI is InChI=1S/C8H8F3N3O2S/c9-8(10,11)17-4-3-13-7-12-2-1-5(14-7)6(15)16/h1-2H,3-4H2,(H,15,16)(H,12,13,14). The van der Waals surface area contributed by atoms with Crippen molar-refractivity contribution in [3.63, 3.8) is 0 Å². The topological polar surface area (TPSA) is 75.1 Å². The molecule has 0 aromatic carbocycles. The maximum absolute atomic E-state index is 11.8. The summed E-state index contributed by atoms with van der Waals surface area (Å²) >= 11 is -0.171. The van der Waals surface area contributed by atoms with Gasteiger partial charge in [0, 0.05) is 18.5 Å². The molecule has 0 fully saturated rings. The van der Waals surface area contributed by atoms with Gasteiger partial charge in [0.1, 0.15) is 0 Å². The molecule has 0 spiro atoms. The summed E-state index contributed by atoms with van der Waals surface area (Å²) in [6, 6.07) is 1.19. The second kappa shape index (κ2) is 5.71. The molecule has 94 valence electrons. The highest BCUT2D eigenvalue weighted by Crippen LogP contribution is 2.29. The van der Waals surface area contributed by atoms with E-state index >= 15 is 0 Å². The number of nitrogens with one attached hydrogen (secondary N) is 1. The largest absolute Gasteiger partial charge is 0.477 e. The number of hydrogen-bond donors (Lipinski definition) is 2. The van der Waals surface area contributed by atoms with E-state index in [-0.39, 0.29) is 35.7 Å². The maximum Gasteiger partial charge on any atom is 0.441 e. The summed E-state index contributed by atoms with van der Waals surface area (Å²) < 4.78 is 35.3. The quantitative estimate of drug-likeness (QED) is 0.793. The number of alkyl halides is 3. The van der Waals surface area contributed by atoms with E-state index in [2.05, 4.69) is 15.3 Å². The molecule has 1 aromatic heterocycles. The van der Waals surface area contributed by atoms with Crippen molar-refractivity contribution in [1.29, 1.82) is 0 Å². The van der Waals surface area contributed by atoms with E-state index in [0.29, 0.717) is 0 Å². The van der Waals surface area contributed by atoms with Crippen LogP contribution in [-0.4, -0.2) is 38.8 Å². The first-order chi connectivity index (χ1) is 7.88. The summed E-state index contributed by atoms with van der Waals surface area (Å²) in [7, 11) is 0. The van der Waals surface area contributed by atoms with Gasteiger partial charge in [0.2, 0.25) is 5.95 Å². The lowest BCUT2D eigenvalue weighted by molar-refractivity contribution is -0.0327. The lowest BCUT2D eigenvalue weighted by Gasteiger charge is -2.06. The van der Waals surface area contributed by atoms with Crippen molar-refractivity contribution in [2.45, 2.75) is 5.51 Å². The Morgan fingerprint density at radius 1 is 1.53 bits per heavy atom. The van der Waals surface area contributed by atoms with Gasteiger partial charge in [-0.15, -0.1) is 0 Å². The number of halogens is 3. The molecule has 0 atom stereocenters. The minimum Gasteiger partial charge on any atom is -0.477 e. The number of thioether (sulfide) groups is 1. The number of rotatable bonds is 5. The predicted octanol–water partition coefficient (Wildman–Crippen LogP) is 1.84. The fourth-order valence-corrected chi connectivity index (χ4v) is 1.33. The van der Waals surface area contributed by atoms with Gasteiger partial charge < -0.3 is 10.4 Å². The van der Waals surface area contributed by atoms with Gasteiger partial charge in [-0.25, -0.2) is 14.8 Å². The van der Waals surface area contributed by atoms with Gasteiger partial charge in [-0.3, -0.25) is 0 Å². The van der Waals surface area contributed by atoms with Crippen LogP contribution < -0.4 is 5.32 Å². The lowest BCUT2D eigenvalue weighted by Crippen LogP contribution is -2.12.